The number of amides is 1. The monoisotopic (exact) mass is 387 g/mol. The van der Waals surface area contributed by atoms with Gasteiger partial charge < -0.3 is 14.4 Å². The van der Waals surface area contributed by atoms with E-state index < -0.39 is 6.04 Å². The average molecular weight is 388 g/mol. The molecule has 1 aliphatic rings. The fraction of sp³-hybridized carbons (Fsp3) is 0.565. The van der Waals surface area contributed by atoms with Gasteiger partial charge in [0.2, 0.25) is 5.91 Å². The number of hydrogen-bond donors (Lipinski definition) is 0. The molecule has 2 atom stereocenters. The van der Waals surface area contributed by atoms with Crippen LogP contribution in [0, 0.1) is 5.92 Å². The van der Waals surface area contributed by atoms with Gasteiger partial charge in [0.15, 0.2) is 0 Å². The molecule has 5 heteroatoms. The largest absolute Gasteiger partial charge is 0.464 e. The number of carbonyl (C=O) groups is 2. The zero-order valence-corrected chi connectivity index (χ0v) is 17.4. The lowest BCUT2D eigenvalue weighted by Gasteiger charge is -2.27. The molecular weight excluding hydrogens is 354 g/mol. The Morgan fingerprint density at radius 1 is 1.21 bits per heavy atom. The molecule has 0 spiro atoms. The minimum Gasteiger partial charge on any atom is -0.464 e. The fourth-order valence-electron chi connectivity index (χ4n) is 3.27. The maximum atomic E-state index is 12.5. The third-order valence-electron chi connectivity index (χ3n) is 5.16. The first-order valence-corrected chi connectivity index (χ1v) is 10.3. The minimum atomic E-state index is -0.540. The zero-order valence-electron chi connectivity index (χ0n) is 17.4. The van der Waals surface area contributed by atoms with E-state index in [-0.39, 0.29) is 17.8 Å². The zero-order chi connectivity index (χ0) is 20.4. The SMILES string of the molecule is CCCCOC(=O)[C@@H](C)N1CCC([C@@H](C)COCc2ccccc2)=CCC1=O. The summed E-state index contributed by atoms with van der Waals surface area (Å²) in [7, 11) is 0. The summed E-state index contributed by atoms with van der Waals surface area (Å²) >= 11 is 0. The van der Waals surface area contributed by atoms with Gasteiger partial charge in [-0.1, -0.05) is 62.2 Å². The Bertz CT molecular complexity index is 656. The van der Waals surface area contributed by atoms with Crippen LogP contribution in [0.4, 0.5) is 0 Å². The summed E-state index contributed by atoms with van der Waals surface area (Å²) < 4.78 is 11.1. The number of benzene rings is 1. The summed E-state index contributed by atoms with van der Waals surface area (Å²) in [5, 5.41) is 0. The molecule has 1 aliphatic heterocycles. The Kier molecular flexibility index (Phi) is 9.21. The standard InChI is InChI=1S/C23H33NO4/c1-4-5-15-28-23(26)19(3)24-14-13-21(11-12-22(24)25)18(2)16-27-17-20-9-7-6-8-10-20/h6-11,18-19H,4-5,12-17H2,1-3H3/t18-,19+/m0/s1. The summed E-state index contributed by atoms with van der Waals surface area (Å²) in [6.45, 7) is 8.09. The van der Waals surface area contributed by atoms with Crippen molar-refractivity contribution < 1.29 is 19.1 Å². The topological polar surface area (TPSA) is 55.8 Å². The summed E-state index contributed by atoms with van der Waals surface area (Å²) in [5.41, 5.74) is 2.37. The molecule has 28 heavy (non-hydrogen) atoms. The summed E-state index contributed by atoms with van der Waals surface area (Å²) in [6.07, 6.45) is 4.91. The van der Waals surface area contributed by atoms with Gasteiger partial charge in [-0.25, -0.2) is 4.79 Å². The number of esters is 1. The van der Waals surface area contributed by atoms with Crippen molar-refractivity contribution in [2.45, 2.75) is 59.1 Å². The molecule has 0 unspecified atom stereocenters. The molecule has 0 radical (unpaired) electrons. The maximum Gasteiger partial charge on any atom is 0.328 e. The lowest BCUT2D eigenvalue weighted by Crippen LogP contribution is -2.44. The van der Waals surface area contributed by atoms with Crippen LogP contribution in [0.5, 0.6) is 0 Å². The predicted molar refractivity (Wildman–Crippen MR) is 110 cm³/mol. The molecule has 1 aromatic rings. The molecule has 0 aliphatic carbocycles. The molecule has 5 nitrogen and oxygen atoms in total. The maximum absolute atomic E-state index is 12.5. The van der Waals surface area contributed by atoms with Crippen LogP contribution >= 0.6 is 0 Å². The quantitative estimate of drug-likeness (QED) is 0.344. The smallest absolute Gasteiger partial charge is 0.328 e. The van der Waals surface area contributed by atoms with E-state index in [1.807, 2.05) is 43.3 Å². The molecular formula is C23H33NO4. The molecule has 1 aromatic carbocycles. The Morgan fingerprint density at radius 2 is 1.96 bits per heavy atom. The Labute approximate surface area is 168 Å². The Morgan fingerprint density at radius 3 is 2.68 bits per heavy atom. The van der Waals surface area contributed by atoms with Crippen LogP contribution in [-0.4, -0.2) is 42.6 Å². The minimum absolute atomic E-state index is 0.0210. The highest BCUT2D eigenvalue weighted by Crippen LogP contribution is 2.22. The van der Waals surface area contributed by atoms with Crippen molar-refractivity contribution in [2.75, 3.05) is 19.8 Å². The van der Waals surface area contributed by atoms with Crippen molar-refractivity contribution in [3.63, 3.8) is 0 Å². The third kappa shape index (κ3) is 6.79. The van der Waals surface area contributed by atoms with Crippen molar-refractivity contribution in [3.05, 3.63) is 47.5 Å². The van der Waals surface area contributed by atoms with Gasteiger partial charge >= 0.3 is 5.97 Å². The van der Waals surface area contributed by atoms with Crippen molar-refractivity contribution >= 4 is 11.9 Å². The van der Waals surface area contributed by atoms with Gasteiger partial charge in [-0.3, -0.25) is 4.79 Å². The van der Waals surface area contributed by atoms with E-state index in [1.54, 1.807) is 11.8 Å². The van der Waals surface area contributed by atoms with Gasteiger partial charge in [0.25, 0.3) is 0 Å². The molecule has 0 aromatic heterocycles. The lowest BCUT2D eigenvalue weighted by atomic mass is 9.98. The number of unbranched alkanes of at least 4 members (excludes halogenated alkanes) is 1. The number of carbonyl (C=O) groups excluding carboxylic acids is 2. The molecule has 1 heterocycles. The second-order valence-corrected chi connectivity index (χ2v) is 7.42. The van der Waals surface area contributed by atoms with E-state index >= 15 is 0 Å². The Balaban J connectivity index is 1.82. The van der Waals surface area contributed by atoms with Crippen LogP contribution in [0.3, 0.4) is 0 Å². The van der Waals surface area contributed by atoms with Crippen LogP contribution in [-0.2, 0) is 25.7 Å². The molecule has 154 valence electrons. The summed E-state index contributed by atoms with van der Waals surface area (Å²) in [6, 6.07) is 9.56. The van der Waals surface area contributed by atoms with E-state index in [2.05, 4.69) is 6.92 Å². The van der Waals surface area contributed by atoms with Crippen molar-refractivity contribution in [1.29, 1.82) is 0 Å². The second kappa shape index (κ2) is 11.6. The van der Waals surface area contributed by atoms with Crippen LogP contribution in [0.15, 0.2) is 42.0 Å². The van der Waals surface area contributed by atoms with E-state index in [0.29, 0.717) is 32.8 Å². The Hall–Kier alpha value is -2.14. The summed E-state index contributed by atoms with van der Waals surface area (Å²) in [4.78, 5) is 26.4. The lowest BCUT2D eigenvalue weighted by molar-refractivity contribution is -0.154. The fourth-order valence-corrected chi connectivity index (χ4v) is 3.27. The van der Waals surface area contributed by atoms with Gasteiger partial charge in [0, 0.05) is 18.9 Å². The van der Waals surface area contributed by atoms with Gasteiger partial charge in [-0.2, -0.15) is 0 Å². The van der Waals surface area contributed by atoms with Crippen LogP contribution in [0.2, 0.25) is 0 Å². The first-order chi connectivity index (χ1) is 13.5. The van der Waals surface area contributed by atoms with Gasteiger partial charge in [-0.05, 0) is 25.3 Å². The molecule has 0 fully saturated rings. The molecule has 0 saturated carbocycles. The first-order valence-electron chi connectivity index (χ1n) is 10.3. The van der Waals surface area contributed by atoms with Gasteiger partial charge in [0.05, 0.1) is 19.8 Å². The number of nitrogens with zero attached hydrogens (tertiary/aromatic N) is 1. The normalized spacial score (nSPS) is 16.9. The average Bonchev–Trinajstić information content (AvgIpc) is 2.90. The van der Waals surface area contributed by atoms with Gasteiger partial charge in [-0.15, -0.1) is 0 Å². The van der Waals surface area contributed by atoms with E-state index in [9.17, 15) is 9.59 Å². The highest BCUT2D eigenvalue weighted by Gasteiger charge is 2.28. The molecule has 0 bridgehead atoms. The van der Waals surface area contributed by atoms with Crippen molar-refractivity contribution in [1.82, 2.24) is 4.90 Å². The predicted octanol–water partition coefficient (Wildman–Crippen LogP) is 4.12. The van der Waals surface area contributed by atoms with Gasteiger partial charge in [0.1, 0.15) is 6.04 Å². The highest BCUT2D eigenvalue weighted by atomic mass is 16.5. The number of hydrogen-bond acceptors (Lipinski definition) is 4. The number of ether oxygens (including phenoxy) is 2. The van der Waals surface area contributed by atoms with E-state index in [1.165, 1.54) is 5.57 Å². The third-order valence-corrected chi connectivity index (χ3v) is 5.16. The molecule has 2 rings (SSSR count). The molecule has 1 amide bonds. The van der Waals surface area contributed by atoms with E-state index in [4.69, 9.17) is 9.47 Å². The van der Waals surface area contributed by atoms with Crippen LogP contribution < -0.4 is 0 Å². The summed E-state index contributed by atoms with van der Waals surface area (Å²) in [5.74, 6) is -0.0971. The van der Waals surface area contributed by atoms with Crippen LogP contribution in [0.25, 0.3) is 0 Å². The highest BCUT2D eigenvalue weighted by molar-refractivity contribution is 5.85. The van der Waals surface area contributed by atoms with Crippen molar-refractivity contribution in [2.24, 2.45) is 5.92 Å². The molecule has 0 N–H and O–H groups in total. The van der Waals surface area contributed by atoms with Crippen LogP contribution in [0.1, 0.15) is 52.0 Å². The van der Waals surface area contributed by atoms with Crippen molar-refractivity contribution in [3.8, 4) is 0 Å². The number of rotatable bonds is 10. The second-order valence-electron chi connectivity index (χ2n) is 7.42. The first kappa shape index (κ1) is 22.2. The molecule has 0 saturated heterocycles. The van der Waals surface area contributed by atoms with E-state index in [0.717, 1.165) is 24.8 Å².